The molecule has 4 nitrogen and oxygen atoms in total. The molecule has 0 amide bonds. The largest absolute Gasteiger partial charge is 0.478 e. The van der Waals surface area contributed by atoms with Crippen LogP contribution in [0.5, 0.6) is 0 Å². The van der Waals surface area contributed by atoms with Gasteiger partial charge in [0.15, 0.2) is 0 Å². The van der Waals surface area contributed by atoms with Gasteiger partial charge in [-0.25, -0.2) is 4.79 Å². The van der Waals surface area contributed by atoms with E-state index in [2.05, 4.69) is 21.2 Å². The number of aromatic nitrogens is 1. The summed E-state index contributed by atoms with van der Waals surface area (Å²) in [5.74, 6) is -0.559. The summed E-state index contributed by atoms with van der Waals surface area (Å²) in [7, 11) is 0. The van der Waals surface area contributed by atoms with Crippen molar-refractivity contribution in [2.24, 2.45) is 0 Å². The molecule has 0 radical (unpaired) electrons. The van der Waals surface area contributed by atoms with Gasteiger partial charge >= 0.3 is 5.97 Å². The number of aromatic carboxylic acids is 1. The Bertz CT molecular complexity index is 666. The van der Waals surface area contributed by atoms with Gasteiger partial charge in [-0.05, 0) is 54.0 Å². The number of nitrogens with one attached hydrogen (secondary N) is 1. The Morgan fingerprint density at radius 3 is 2.80 bits per heavy atom. The van der Waals surface area contributed by atoms with Gasteiger partial charge in [0.2, 0.25) is 0 Å². The maximum absolute atomic E-state index is 11.5. The second kappa shape index (κ2) is 5.50. The molecule has 2 N–H and O–H groups in total. The Hall–Kier alpha value is -1.46. The average molecular weight is 335 g/mol. The van der Waals surface area contributed by atoms with Crippen molar-refractivity contribution < 1.29 is 9.90 Å². The van der Waals surface area contributed by atoms with Crippen molar-refractivity contribution in [3.63, 3.8) is 0 Å². The molecule has 0 atom stereocenters. The number of carbonyl (C=O) groups is 1. The lowest BCUT2D eigenvalue weighted by atomic mass is 9.92. The summed E-state index contributed by atoms with van der Waals surface area (Å²) in [6.45, 7) is 1.92. The minimum Gasteiger partial charge on any atom is -0.478 e. The maximum Gasteiger partial charge on any atom is 0.336 e. The molecule has 1 saturated heterocycles. The highest BCUT2D eigenvalue weighted by molar-refractivity contribution is 9.10. The molecule has 1 aliphatic heterocycles. The zero-order valence-corrected chi connectivity index (χ0v) is 12.5. The van der Waals surface area contributed by atoms with E-state index in [1.54, 1.807) is 6.07 Å². The fraction of sp³-hybridized carbons (Fsp3) is 0.333. The summed E-state index contributed by atoms with van der Waals surface area (Å²) in [6.07, 6.45) is 2.00. The molecule has 0 bridgehead atoms. The van der Waals surface area contributed by atoms with E-state index in [-0.39, 0.29) is 0 Å². The van der Waals surface area contributed by atoms with Crippen molar-refractivity contribution in [1.82, 2.24) is 10.3 Å². The number of piperidine rings is 1. The van der Waals surface area contributed by atoms with Crippen LogP contribution in [0.25, 0.3) is 10.9 Å². The van der Waals surface area contributed by atoms with Crippen LogP contribution in [-0.4, -0.2) is 29.1 Å². The lowest BCUT2D eigenvalue weighted by Crippen LogP contribution is -2.27. The average Bonchev–Trinajstić information content (AvgIpc) is 2.47. The van der Waals surface area contributed by atoms with Crippen LogP contribution in [0.3, 0.4) is 0 Å². The molecule has 0 spiro atoms. The van der Waals surface area contributed by atoms with Crippen LogP contribution in [-0.2, 0) is 0 Å². The van der Waals surface area contributed by atoms with Crippen LogP contribution in [0.2, 0.25) is 0 Å². The number of halogens is 1. The number of para-hydroxylation sites is 1. The van der Waals surface area contributed by atoms with E-state index in [1.165, 1.54) is 0 Å². The van der Waals surface area contributed by atoms with Crippen LogP contribution in [0.15, 0.2) is 28.7 Å². The first kappa shape index (κ1) is 13.5. The molecule has 1 aromatic heterocycles. The monoisotopic (exact) mass is 334 g/mol. The van der Waals surface area contributed by atoms with Crippen LogP contribution < -0.4 is 5.32 Å². The van der Waals surface area contributed by atoms with Gasteiger partial charge < -0.3 is 10.4 Å². The number of hydrogen-bond acceptors (Lipinski definition) is 3. The molecule has 3 rings (SSSR count). The molecule has 1 fully saturated rings. The molecule has 1 aromatic carbocycles. The highest BCUT2D eigenvalue weighted by Crippen LogP contribution is 2.30. The fourth-order valence-electron chi connectivity index (χ4n) is 2.74. The highest BCUT2D eigenvalue weighted by atomic mass is 79.9. The first-order chi connectivity index (χ1) is 9.66. The van der Waals surface area contributed by atoms with Crippen molar-refractivity contribution in [2.45, 2.75) is 18.8 Å². The van der Waals surface area contributed by atoms with E-state index < -0.39 is 5.97 Å². The lowest BCUT2D eigenvalue weighted by molar-refractivity contribution is 0.0699. The predicted molar refractivity (Wildman–Crippen MR) is 81.2 cm³/mol. The molecule has 0 aliphatic carbocycles. The topological polar surface area (TPSA) is 62.2 Å². The first-order valence-corrected chi connectivity index (χ1v) is 7.49. The van der Waals surface area contributed by atoms with E-state index in [9.17, 15) is 9.90 Å². The molecule has 104 valence electrons. The zero-order chi connectivity index (χ0) is 14.1. The van der Waals surface area contributed by atoms with Crippen LogP contribution in [0, 0.1) is 0 Å². The molecule has 0 saturated carbocycles. The number of carboxylic acid groups (broad SMARTS) is 1. The molecular formula is C15H15BrN2O2. The minimum absolute atomic E-state index is 0.338. The number of fused-ring (bicyclic) bond motifs is 1. The van der Waals surface area contributed by atoms with E-state index in [4.69, 9.17) is 4.98 Å². The van der Waals surface area contributed by atoms with Crippen molar-refractivity contribution in [3.05, 3.63) is 40.0 Å². The smallest absolute Gasteiger partial charge is 0.336 e. The molecule has 5 heteroatoms. The second-order valence-electron chi connectivity index (χ2n) is 5.06. The lowest BCUT2D eigenvalue weighted by Gasteiger charge is -2.23. The predicted octanol–water partition coefficient (Wildman–Crippen LogP) is 3.16. The quantitative estimate of drug-likeness (QED) is 0.885. The van der Waals surface area contributed by atoms with Gasteiger partial charge in [-0.15, -0.1) is 0 Å². The number of benzene rings is 1. The summed E-state index contributed by atoms with van der Waals surface area (Å²) in [6, 6.07) is 7.29. The zero-order valence-electron chi connectivity index (χ0n) is 10.9. The van der Waals surface area contributed by atoms with Gasteiger partial charge in [0, 0.05) is 21.5 Å². The fourth-order valence-corrected chi connectivity index (χ4v) is 3.19. The molecule has 20 heavy (non-hydrogen) atoms. The second-order valence-corrected chi connectivity index (χ2v) is 5.91. The van der Waals surface area contributed by atoms with Gasteiger partial charge in [-0.3, -0.25) is 4.98 Å². The number of pyridine rings is 1. The third-order valence-corrected chi connectivity index (χ3v) is 4.44. The normalized spacial score (nSPS) is 16.4. The molecule has 0 unspecified atom stereocenters. The maximum atomic E-state index is 11.5. The number of rotatable bonds is 2. The number of carboxylic acids is 1. The van der Waals surface area contributed by atoms with Crippen molar-refractivity contribution >= 4 is 32.8 Å². The third-order valence-electron chi connectivity index (χ3n) is 3.80. The first-order valence-electron chi connectivity index (χ1n) is 6.70. The summed E-state index contributed by atoms with van der Waals surface area (Å²) < 4.78 is 0.841. The summed E-state index contributed by atoms with van der Waals surface area (Å²) in [4.78, 5) is 16.2. The SMILES string of the molecule is O=C(O)c1cc(C2CCNCC2)nc2c(Br)cccc12. The van der Waals surface area contributed by atoms with Crippen LogP contribution in [0.1, 0.15) is 34.8 Å². The van der Waals surface area contributed by atoms with Gasteiger partial charge in [0.05, 0.1) is 11.1 Å². The minimum atomic E-state index is -0.898. The molecule has 2 heterocycles. The molecule has 2 aromatic rings. The Balaban J connectivity index is 2.18. The van der Waals surface area contributed by atoms with Crippen molar-refractivity contribution in [1.29, 1.82) is 0 Å². The van der Waals surface area contributed by atoms with E-state index >= 15 is 0 Å². The molecule has 1 aliphatic rings. The molecular weight excluding hydrogens is 320 g/mol. The van der Waals surface area contributed by atoms with E-state index in [0.29, 0.717) is 16.9 Å². The summed E-state index contributed by atoms with van der Waals surface area (Å²) >= 11 is 3.47. The Labute approximate surface area is 125 Å². The van der Waals surface area contributed by atoms with Crippen molar-refractivity contribution in [3.8, 4) is 0 Å². The van der Waals surface area contributed by atoms with Gasteiger partial charge in [0.1, 0.15) is 0 Å². The van der Waals surface area contributed by atoms with E-state index in [0.717, 1.165) is 41.6 Å². The number of nitrogens with zero attached hydrogens (tertiary/aromatic N) is 1. The third kappa shape index (κ3) is 2.43. The van der Waals surface area contributed by atoms with E-state index in [1.807, 2.05) is 18.2 Å². The van der Waals surface area contributed by atoms with Crippen LogP contribution in [0.4, 0.5) is 0 Å². The number of hydrogen-bond donors (Lipinski definition) is 2. The standard InChI is InChI=1S/C15H15BrN2O2/c16-12-3-1-2-10-11(15(19)20)8-13(18-14(10)12)9-4-6-17-7-5-9/h1-3,8-9,17H,4-7H2,(H,19,20). The summed E-state index contributed by atoms with van der Waals surface area (Å²) in [5, 5.41) is 13.4. The van der Waals surface area contributed by atoms with Crippen molar-refractivity contribution in [2.75, 3.05) is 13.1 Å². The van der Waals surface area contributed by atoms with Gasteiger partial charge in [0.25, 0.3) is 0 Å². The highest BCUT2D eigenvalue weighted by Gasteiger charge is 2.20. The van der Waals surface area contributed by atoms with Gasteiger partial charge in [-0.1, -0.05) is 12.1 Å². The Kier molecular flexibility index (Phi) is 3.72. The Morgan fingerprint density at radius 2 is 2.10 bits per heavy atom. The van der Waals surface area contributed by atoms with Crippen LogP contribution >= 0.6 is 15.9 Å². The Morgan fingerprint density at radius 1 is 1.35 bits per heavy atom. The van der Waals surface area contributed by atoms with Gasteiger partial charge in [-0.2, -0.15) is 0 Å². The summed E-state index contributed by atoms with van der Waals surface area (Å²) in [5.41, 5.74) is 1.97.